The summed E-state index contributed by atoms with van der Waals surface area (Å²) in [7, 11) is -2.49. The van der Waals surface area contributed by atoms with Crippen LogP contribution >= 0.6 is 0 Å². The maximum Gasteiger partial charge on any atom is 0.251 e. The minimum absolute atomic E-state index is 0.121. The van der Waals surface area contributed by atoms with Crippen LogP contribution in [0.3, 0.4) is 0 Å². The van der Waals surface area contributed by atoms with Gasteiger partial charge >= 0.3 is 0 Å². The fourth-order valence-corrected chi connectivity index (χ4v) is 4.26. The molecule has 0 bridgehead atoms. The smallest absolute Gasteiger partial charge is 0.251 e. The second-order valence-corrected chi connectivity index (χ2v) is 8.37. The van der Waals surface area contributed by atoms with Crippen LogP contribution in [-0.2, 0) is 19.6 Å². The Balaban J connectivity index is 2.02. The van der Waals surface area contributed by atoms with Crippen molar-refractivity contribution in [3.8, 4) is 5.75 Å². The number of nitrogens with zero attached hydrogens (tertiary/aromatic N) is 1. The summed E-state index contributed by atoms with van der Waals surface area (Å²) in [6.45, 7) is 3.87. The van der Waals surface area contributed by atoms with Gasteiger partial charge in [0.2, 0.25) is 21.8 Å². The van der Waals surface area contributed by atoms with Crippen molar-refractivity contribution in [1.82, 2.24) is 14.9 Å². The first-order valence-corrected chi connectivity index (χ1v) is 10.5. The Morgan fingerprint density at radius 3 is 2.43 bits per heavy atom. The third-order valence-electron chi connectivity index (χ3n) is 4.11. The van der Waals surface area contributed by atoms with Crippen molar-refractivity contribution in [2.24, 2.45) is 0 Å². The zero-order chi connectivity index (χ0) is 20.9. The van der Waals surface area contributed by atoms with Gasteiger partial charge < -0.3 is 10.1 Å². The van der Waals surface area contributed by atoms with Gasteiger partial charge in [0.1, 0.15) is 10.6 Å². The number of methoxy groups -OCH3 is 1. The fourth-order valence-electron chi connectivity index (χ4n) is 2.82. The molecule has 1 aliphatic heterocycles. The summed E-state index contributed by atoms with van der Waals surface area (Å²) in [5.41, 5.74) is 0.165. The van der Waals surface area contributed by atoms with Crippen LogP contribution in [0.25, 0.3) is 0 Å². The predicted molar refractivity (Wildman–Crippen MR) is 101 cm³/mol. The highest BCUT2D eigenvalue weighted by Crippen LogP contribution is 2.25. The van der Waals surface area contributed by atoms with Crippen LogP contribution in [0.5, 0.6) is 5.75 Å². The molecule has 0 radical (unpaired) electrons. The molecule has 1 aromatic carbocycles. The van der Waals surface area contributed by atoms with Gasteiger partial charge in [0.25, 0.3) is 5.91 Å². The second-order valence-electron chi connectivity index (χ2n) is 6.69. The van der Waals surface area contributed by atoms with Crippen molar-refractivity contribution < 1.29 is 27.5 Å². The lowest BCUT2D eigenvalue weighted by Gasteiger charge is -2.15. The number of nitrogens with one attached hydrogen (secondary N) is 2. The molecule has 10 heteroatoms. The van der Waals surface area contributed by atoms with E-state index in [2.05, 4.69) is 10.0 Å². The summed E-state index contributed by atoms with van der Waals surface area (Å²) >= 11 is 0. The lowest BCUT2D eigenvalue weighted by Crippen LogP contribution is -2.33. The zero-order valence-electron chi connectivity index (χ0n) is 16.1. The van der Waals surface area contributed by atoms with Crippen molar-refractivity contribution in [2.45, 2.75) is 44.0 Å². The van der Waals surface area contributed by atoms with Crippen molar-refractivity contribution in [1.29, 1.82) is 0 Å². The van der Waals surface area contributed by atoms with Crippen LogP contribution in [-0.4, -0.2) is 57.3 Å². The first-order valence-electron chi connectivity index (χ1n) is 8.97. The number of carbonyl (C=O) groups excluding carboxylic acids is 3. The highest BCUT2D eigenvalue weighted by Gasteiger charge is 2.28. The van der Waals surface area contributed by atoms with E-state index < -0.39 is 15.9 Å². The summed E-state index contributed by atoms with van der Waals surface area (Å²) in [6.07, 6.45) is 0.886. The molecule has 0 spiro atoms. The van der Waals surface area contributed by atoms with Crippen molar-refractivity contribution in [3.63, 3.8) is 0 Å². The summed E-state index contributed by atoms with van der Waals surface area (Å²) in [5, 5.41) is 2.67. The SMILES string of the molecule is COc1ccc(C(=O)NCCCN2C(=O)CCC2=O)cc1S(=O)(=O)NC(C)C. The average molecular weight is 411 g/mol. The lowest BCUT2D eigenvalue weighted by atomic mass is 10.2. The van der Waals surface area contributed by atoms with Gasteiger partial charge in [0.15, 0.2) is 0 Å². The summed E-state index contributed by atoms with van der Waals surface area (Å²) in [6, 6.07) is 3.83. The van der Waals surface area contributed by atoms with E-state index in [9.17, 15) is 22.8 Å². The molecule has 154 valence electrons. The number of sulfonamides is 1. The van der Waals surface area contributed by atoms with Gasteiger partial charge in [0, 0.05) is 37.5 Å². The molecular formula is C18H25N3O6S. The maximum atomic E-state index is 12.5. The Bertz CT molecular complexity index is 850. The van der Waals surface area contributed by atoms with E-state index in [-0.39, 0.29) is 60.0 Å². The zero-order valence-corrected chi connectivity index (χ0v) is 17.0. The van der Waals surface area contributed by atoms with Gasteiger partial charge in [-0.05, 0) is 38.5 Å². The third kappa shape index (κ3) is 5.29. The molecule has 0 atom stereocenters. The minimum atomic E-state index is -3.84. The fraction of sp³-hybridized carbons (Fsp3) is 0.500. The van der Waals surface area contributed by atoms with Crippen LogP contribution in [0.15, 0.2) is 23.1 Å². The van der Waals surface area contributed by atoms with E-state index in [0.29, 0.717) is 6.42 Å². The predicted octanol–water partition coefficient (Wildman–Crippen LogP) is 0.651. The Hall–Kier alpha value is -2.46. The number of carbonyl (C=O) groups is 3. The Kier molecular flexibility index (Phi) is 7.14. The van der Waals surface area contributed by atoms with Gasteiger partial charge in [0.05, 0.1) is 7.11 Å². The van der Waals surface area contributed by atoms with E-state index in [1.165, 1.54) is 30.2 Å². The second kappa shape index (κ2) is 9.16. The average Bonchev–Trinajstić information content (AvgIpc) is 2.95. The summed E-state index contributed by atoms with van der Waals surface area (Å²) in [5.74, 6) is -0.712. The molecule has 1 fully saturated rings. The van der Waals surface area contributed by atoms with E-state index in [0.717, 1.165) is 0 Å². The van der Waals surface area contributed by atoms with Gasteiger partial charge in [-0.25, -0.2) is 13.1 Å². The molecule has 1 aromatic rings. The van der Waals surface area contributed by atoms with Crippen molar-refractivity contribution >= 4 is 27.7 Å². The molecule has 1 saturated heterocycles. The summed E-state index contributed by atoms with van der Waals surface area (Å²) in [4.78, 5) is 36.5. The molecule has 3 amide bonds. The number of likely N-dealkylation sites (tertiary alicyclic amines) is 1. The van der Waals surface area contributed by atoms with Crippen LogP contribution in [0.1, 0.15) is 43.5 Å². The molecular weight excluding hydrogens is 386 g/mol. The number of benzene rings is 1. The van der Waals surface area contributed by atoms with Crippen LogP contribution in [0.4, 0.5) is 0 Å². The van der Waals surface area contributed by atoms with Gasteiger partial charge in [-0.2, -0.15) is 0 Å². The molecule has 2 rings (SSSR count). The monoisotopic (exact) mass is 411 g/mol. The Labute approximate surface area is 164 Å². The lowest BCUT2D eigenvalue weighted by molar-refractivity contribution is -0.138. The maximum absolute atomic E-state index is 12.5. The first kappa shape index (κ1) is 21.8. The molecule has 1 heterocycles. The molecule has 0 unspecified atom stereocenters. The minimum Gasteiger partial charge on any atom is -0.495 e. The summed E-state index contributed by atoms with van der Waals surface area (Å²) < 4.78 is 32.5. The number of hydrogen-bond acceptors (Lipinski definition) is 6. The van der Waals surface area contributed by atoms with E-state index in [4.69, 9.17) is 4.74 Å². The van der Waals surface area contributed by atoms with E-state index in [1.54, 1.807) is 13.8 Å². The number of rotatable bonds is 9. The number of imide groups is 1. The Morgan fingerprint density at radius 1 is 1.21 bits per heavy atom. The van der Waals surface area contributed by atoms with Crippen molar-refractivity contribution in [3.05, 3.63) is 23.8 Å². The topological polar surface area (TPSA) is 122 Å². The number of amides is 3. The first-order chi connectivity index (χ1) is 13.2. The normalized spacial score (nSPS) is 14.6. The van der Waals surface area contributed by atoms with Gasteiger partial charge in [-0.15, -0.1) is 0 Å². The quantitative estimate of drug-likeness (QED) is 0.455. The molecule has 0 aliphatic carbocycles. The van der Waals surface area contributed by atoms with Crippen LogP contribution in [0.2, 0.25) is 0 Å². The molecule has 1 aliphatic rings. The highest BCUT2D eigenvalue weighted by molar-refractivity contribution is 7.89. The van der Waals surface area contributed by atoms with Crippen molar-refractivity contribution in [2.75, 3.05) is 20.2 Å². The van der Waals surface area contributed by atoms with E-state index >= 15 is 0 Å². The van der Waals surface area contributed by atoms with Crippen LogP contribution < -0.4 is 14.8 Å². The molecule has 9 nitrogen and oxygen atoms in total. The molecule has 0 saturated carbocycles. The third-order valence-corrected chi connectivity index (χ3v) is 5.78. The largest absolute Gasteiger partial charge is 0.495 e. The molecule has 28 heavy (non-hydrogen) atoms. The van der Waals surface area contributed by atoms with Crippen LogP contribution in [0, 0.1) is 0 Å². The standard InChI is InChI=1S/C18H25N3O6S/c1-12(2)20-28(25,26)15-11-13(5-6-14(15)27-3)18(24)19-9-4-10-21-16(22)7-8-17(21)23/h5-6,11-12,20H,4,7-10H2,1-3H3,(H,19,24). The van der Waals surface area contributed by atoms with Gasteiger partial charge in [-0.3, -0.25) is 19.3 Å². The number of ether oxygens (including phenoxy) is 1. The number of hydrogen-bond donors (Lipinski definition) is 2. The Morgan fingerprint density at radius 2 is 1.86 bits per heavy atom. The van der Waals surface area contributed by atoms with E-state index in [1.807, 2.05) is 0 Å². The molecule has 0 aromatic heterocycles. The van der Waals surface area contributed by atoms with Gasteiger partial charge in [-0.1, -0.05) is 0 Å². The highest BCUT2D eigenvalue weighted by atomic mass is 32.2. The molecule has 2 N–H and O–H groups in total.